The summed E-state index contributed by atoms with van der Waals surface area (Å²) in [4.78, 5) is 66.9. The molecule has 10 rings (SSSR count). The average molecular weight is 1480 g/mol. The molecule has 0 spiro atoms. The first-order valence-electron chi connectivity index (χ1n) is 26.8. The SMILES string of the molecule is Brc1ccc(-c2cnc(C3CCCC3)[nH]2)cc1.CB(O)N1CCCC1C(=O)OCC(=O)c1ccc(Br)cc1.CB(O)N1CCC[C@H]1C(=O)O.CB(O)N1CCC[C@H]1c1ncc(-c2ccc(Br)cc2)[nH]1.O=C(CBr)c1ccc(Br)cc1.S.S. The van der Waals surface area contributed by atoms with Gasteiger partial charge >= 0.3 is 33.1 Å². The molecule has 82 heavy (non-hydrogen) atoms. The van der Waals surface area contributed by atoms with Gasteiger partial charge in [0.15, 0.2) is 18.2 Å². The Hall–Kier alpha value is -3.37. The van der Waals surface area contributed by atoms with Crippen molar-refractivity contribution in [1.82, 2.24) is 34.4 Å². The van der Waals surface area contributed by atoms with Crippen LogP contribution < -0.4 is 0 Å². The number of carbonyl (C=O) groups excluding carboxylic acids is 3. The average Bonchev–Trinajstić information content (AvgIpc) is 4.41. The largest absolute Gasteiger partial charge is 0.480 e. The zero-order valence-corrected chi connectivity index (χ0v) is 55.9. The molecule has 3 atom stereocenters. The molecule has 440 valence electrons. The summed E-state index contributed by atoms with van der Waals surface area (Å²) in [5.41, 5.74) is 5.71. The summed E-state index contributed by atoms with van der Waals surface area (Å²) in [6.07, 6.45) is 14.2. The van der Waals surface area contributed by atoms with Crippen LogP contribution in [-0.2, 0) is 14.3 Å². The Morgan fingerprint density at radius 2 is 0.939 bits per heavy atom. The molecule has 2 aromatic heterocycles. The predicted molar refractivity (Wildman–Crippen MR) is 354 cm³/mol. The number of carboxylic acid groups (broad SMARTS) is 1. The highest BCUT2D eigenvalue weighted by atomic mass is 79.9. The van der Waals surface area contributed by atoms with E-state index < -0.39 is 45.2 Å². The second kappa shape index (κ2) is 35.9. The fraction of sp³-hybridized carbons (Fsp3) is 0.393. The molecule has 1 saturated carbocycles. The lowest BCUT2D eigenvalue weighted by Crippen LogP contribution is -2.45. The van der Waals surface area contributed by atoms with Gasteiger partial charge in [-0.2, -0.15) is 27.0 Å². The molecule has 3 saturated heterocycles. The Morgan fingerprint density at radius 3 is 1.38 bits per heavy atom. The number of esters is 1. The van der Waals surface area contributed by atoms with Gasteiger partial charge in [0, 0.05) is 34.9 Å². The van der Waals surface area contributed by atoms with E-state index in [2.05, 4.69) is 141 Å². The summed E-state index contributed by atoms with van der Waals surface area (Å²) < 4.78 is 9.15. The summed E-state index contributed by atoms with van der Waals surface area (Å²) in [7, 11) is -1.76. The predicted octanol–water partition coefficient (Wildman–Crippen LogP) is 12.2. The van der Waals surface area contributed by atoms with Gasteiger partial charge in [-0.05, 0) is 151 Å². The lowest BCUT2D eigenvalue weighted by Gasteiger charge is -2.23. The zero-order valence-electron chi connectivity index (χ0n) is 46.0. The lowest BCUT2D eigenvalue weighted by molar-refractivity contribution is -0.146. The van der Waals surface area contributed by atoms with Gasteiger partial charge in [-0.15, -0.1) is 0 Å². The smallest absolute Gasteiger partial charge is 0.377 e. The molecule has 16 nitrogen and oxygen atoms in total. The molecule has 5 heterocycles. The van der Waals surface area contributed by atoms with Gasteiger partial charge < -0.3 is 49.3 Å². The maximum atomic E-state index is 12.0. The Kier molecular flexibility index (Phi) is 31.2. The van der Waals surface area contributed by atoms with Crippen LogP contribution in [-0.4, -0.2) is 143 Å². The molecule has 4 fully saturated rings. The number of aromatic nitrogens is 4. The Balaban J connectivity index is 0.000000224. The minimum absolute atomic E-state index is 0. The van der Waals surface area contributed by atoms with Crippen molar-refractivity contribution in [3.63, 3.8) is 0 Å². The van der Waals surface area contributed by atoms with Crippen molar-refractivity contribution in [3.8, 4) is 22.5 Å². The normalized spacial score (nSPS) is 17.6. The second-order valence-corrected chi connectivity index (χ2v) is 24.1. The molecular formula is C56H71B3Br5N7O9S2. The molecule has 6 aromatic rings. The minimum atomic E-state index is -0.830. The molecule has 1 aliphatic carbocycles. The summed E-state index contributed by atoms with van der Waals surface area (Å²) in [5.74, 6) is 1.36. The molecule has 1 unspecified atom stereocenters. The fourth-order valence-electron chi connectivity index (χ4n) is 9.99. The van der Waals surface area contributed by atoms with Crippen LogP contribution in [0.3, 0.4) is 0 Å². The van der Waals surface area contributed by atoms with E-state index in [4.69, 9.17) is 14.9 Å². The molecule has 6 N–H and O–H groups in total. The van der Waals surface area contributed by atoms with Crippen LogP contribution in [0.5, 0.6) is 0 Å². The van der Waals surface area contributed by atoms with E-state index in [9.17, 15) is 29.2 Å². The van der Waals surface area contributed by atoms with Crippen LogP contribution in [0.1, 0.15) is 109 Å². The molecule has 0 radical (unpaired) electrons. The van der Waals surface area contributed by atoms with Crippen LogP contribution in [0, 0.1) is 0 Å². The van der Waals surface area contributed by atoms with E-state index in [1.165, 1.54) is 37.1 Å². The first-order chi connectivity index (χ1) is 38.3. The highest BCUT2D eigenvalue weighted by Crippen LogP contribution is 2.34. The van der Waals surface area contributed by atoms with Gasteiger partial charge in [-0.25, -0.2) is 9.97 Å². The molecule has 3 aliphatic heterocycles. The molecule has 0 bridgehead atoms. The van der Waals surface area contributed by atoms with Crippen molar-refractivity contribution in [2.75, 3.05) is 31.6 Å². The maximum absolute atomic E-state index is 12.0. The number of aliphatic carboxylic acids is 1. The third-order valence-electron chi connectivity index (χ3n) is 14.2. The van der Waals surface area contributed by atoms with E-state index in [1.54, 1.807) is 59.7 Å². The topological polar surface area (TPSA) is 226 Å². The van der Waals surface area contributed by atoms with Crippen molar-refractivity contribution in [3.05, 3.63) is 150 Å². The number of aromatic amines is 2. The van der Waals surface area contributed by atoms with Crippen molar-refractivity contribution < 1.29 is 44.1 Å². The summed E-state index contributed by atoms with van der Waals surface area (Å²) in [6, 6.07) is 30.0. The Morgan fingerprint density at radius 1 is 0.549 bits per heavy atom. The molecule has 4 aromatic carbocycles. The monoisotopic (exact) mass is 1480 g/mol. The number of nitrogens with zero attached hydrogens (tertiary/aromatic N) is 5. The number of benzene rings is 4. The number of hydrogen-bond donors (Lipinski definition) is 6. The maximum Gasteiger partial charge on any atom is 0.377 e. The molecule has 26 heteroatoms. The third kappa shape index (κ3) is 21.5. The number of imidazole rings is 2. The molecule has 4 aliphatic rings. The highest BCUT2D eigenvalue weighted by molar-refractivity contribution is 9.11. The van der Waals surface area contributed by atoms with Gasteiger partial charge in [0.1, 0.15) is 23.7 Å². The van der Waals surface area contributed by atoms with Gasteiger partial charge in [-0.3, -0.25) is 19.2 Å². The number of ether oxygens (including phenoxy) is 1. The summed E-state index contributed by atoms with van der Waals surface area (Å²) >= 11 is 16.6. The van der Waals surface area contributed by atoms with Crippen LogP contribution in [0.2, 0.25) is 20.5 Å². The highest BCUT2D eigenvalue weighted by Gasteiger charge is 2.37. The van der Waals surface area contributed by atoms with E-state index in [0.717, 1.165) is 78.5 Å². The number of rotatable bonds is 14. The lowest BCUT2D eigenvalue weighted by atomic mass is 9.84. The van der Waals surface area contributed by atoms with E-state index in [-0.39, 0.29) is 51.2 Å². The number of hydrogen-bond acceptors (Lipinski definition) is 13. The van der Waals surface area contributed by atoms with Crippen molar-refractivity contribution in [2.45, 2.75) is 109 Å². The number of nitrogens with one attached hydrogen (secondary N) is 2. The summed E-state index contributed by atoms with van der Waals surface area (Å²) in [5, 5.41) is 37.6. The Labute approximate surface area is 538 Å². The first-order valence-corrected chi connectivity index (χ1v) is 31.1. The van der Waals surface area contributed by atoms with Crippen LogP contribution in [0.15, 0.2) is 127 Å². The number of carbonyl (C=O) groups is 4. The standard InChI is InChI=1S/C14H17BBrN3O.C14H17BBrNO4.C14H15BrN2.C8H6Br2O.C6H12BNO3.2H2S/c1-15(20)19-8-2-3-13(19)14-17-9-12(18-14)10-4-6-11(16)7-5-10;1-15(20)17-8-2-3-12(17)14(19)21-9-13(18)10-4-6-11(16)7-5-10;15-12-7-5-10(6-8-12)13-9-16-14(17-13)11-3-1-2-4-11;9-5-8(11)6-1-3-7(10)4-2-6;1-7(11)8-4-2-3-5(8)6(9)10;;/h4-7,9,13,20H,2-3,8H2,1H3,(H,17,18);4-7,12,20H,2-3,8-9H2,1H3;5-9,11H,1-4H2,(H,16,17);1-4H,5H2;5,11H,2-4H2,1H3,(H,9,10);2*1H2/t13-;;;;5-;;/m0...0../s1. The van der Waals surface area contributed by atoms with Gasteiger partial charge in [-0.1, -0.05) is 141 Å². The third-order valence-corrected chi connectivity index (χ3v) is 16.9. The number of ketones is 2. The number of H-pyrrole nitrogens is 2. The van der Waals surface area contributed by atoms with Crippen LogP contribution in [0.4, 0.5) is 0 Å². The fourth-order valence-corrected chi connectivity index (χ4v) is 11.4. The minimum Gasteiger partial charge on any atom is -0.480 e. The van der Waals surface area contributed by atoms with Crippen molar-refractivity contribution in [2.24, 2.45) is 0 Å². The first kappa shape index (κ1) is 71.1. The van der Waals surface area contributed by atoms with Gasteiger partial charge in [0.05, 0.1) is 35.2 Å². The number of halogens is 5. The van der Waals surface area contributed by atoms with E-state index in [1.807, 2.05) is 43.5 Å². The molecule has 0 amide bonds. The summed E-state index contributed by atoms with van der Waals surface area (Å²) in [6.45, 7) is 7.05. The van der Waals surface area contributed by atoms with Gasteiger partial charge in [0.25, 0.3) is 0 Å². The van der Waals surface area contributed by atoms with Gasteiger partial charge in [0.2, 0.25) is 0 Å². The van der Waals surface area contributed by atoms with Crippen molar-refractivity contribution >= 4 is 151 Å². The quantitative estimate of drug-likeness (QED) is 0.0258. The van der Waals surface area contributed by atoms with Crippen LogP contribution in [0.25, 0.3) is 22.5 Å². The van der Waals surface area contributed by atoms with E-state index >= 15 is 0 Å². The van der Waals surface area contributed by atoms with Crippen molar-refractivity contribution in [1.29, 1.82) is 0 Å². The molecular weight excluding hydrogens is 1410 g/mol. The number of carboxylic acids is 1. The van der Waals surface area contributed by atoms with Crippen LogP contribution >= 0.6 is 107 Å². The van der Waals surface area contributed by atoms with E-state index in [0.29, 0.717) is 42.7 Å². The number of Topliss-reactive ketones (excluding diaryl/α,β-unsaturated/α-hetero) is 2. The zero-order chi connectivity index (χ0) is 57.9. The number of alkyl halides is 1. The second-order valence-electron chi connectivity index (χ2n) is 19.9. The Bertz CT molecular complexity index is 2910.